The Morgan fingerprint density at radius 2 is 2.00 bits per heavy atom. The first-order valence-electron chi connectivity index (χ1n) is 6.31. The van der Waals surface area contributed by atoms with Crippen LogP contribution in [0.25, 0.3) is 0 Å². The molecule has 1 unspecified atom stereocenters. The molecule has 0 saturated heterocycles. The van der Waals surface area contributed by atoms with Crippen LogP contribution in [0.3, 0.4) is 0 Å². The smallest absolute Gasteiger partial charge is 0.0701 e. The van der Waals surface area contributed by atoms with Crippen LogP contribution in [0.1, 0.15) is 17.2 Å². The highest BCUT2D eigenvalue weighted by Crippen LogP contribution is 2.21. The molecule has 0 radical (unpaired) electrons. The third-order valence-corrected chi connectivity index (χ3v) is 4.48. The van der Waals surface area contributed by atoms with E-state index < -0.39 is 0 Å². The standard InChI is InChI=1S/C15H19BrN2S/c1-18(2)10-14(13-6-4-3-5-7-13)17-9-12-8-15(16)19-11-12/h3-8,11,14,17H,9-10H2,1-2H3. The van der Waals surface area contributed by atoms with Crippen LogP contribution in [0.15, 0.2) is 45.6 Å². The second-order valence-corrected chi connectivity index (χ2v) is 7.16. The van der Waals surface area contributed by atoms with Crippen LogP contribution in [0.4, 0.5) is 0 Å². The summed E-state index contributed by atoms with van der Waals surface area (Å²) in [5.74, 6) is 0. The van der Waals surface area contributed by atoms with Gasteiger partial charge in [0.25, 0.3) is 0 Å². The maximum Gasteiger partial charge on any atom is 0.0701 e. The van der Waals surface area contributed by atoms with Crippen molar-refractivity contribution in [1.29, 1.82) is 0 Å². The van der Waals surface area contributed by atoms with Gasteiger partial charge in [-0.1, -0.05) is 30.3 Å². The van der Waals surface area contributed by atoms with E-state index in [9.17, 15) is 0 Å². The van der Waals surface area contributed by atoms with Gasteiger partial charge in [0.1, 0.15) is 0 Å². The molecule has 0 saturated carbocycles. The van der Waals surface area contributed by atoms with Crippen LogP contribution < -0.4 is 5.32 Å². The number of benzene rings is 1. The predicted molar refractivity (Wildman–Crippen MR) is 86.6 cm³/mol. The maximum atomic E-state index is 3.64. The Morgan fingerprint density at radius 1 is 1.26 bits per heavy atom. The van der Waals surface area contributed by atoms with Crippen LogP contribution in [-0.2, 0) is 6.54 Å². The molecule has 2 nitrogen and oxygen atoms in total. The molecular formula is C15H19BrN2S. The van der Waals surface area contributed by atoms with Crippen molar-refractivity contribution in [2.24, 2.45) is 0 Å². The number of nitrogens with zero attached hydrogens (tertiary/aromatic N) is 1. The quantitative estimate of drug-likeness (QED) is 0.859. The maximum absolute atomic E-state index is 3.64. The van der Waals surface area contributed by atoms with Crippen molar-refractivity contribution < 1.29 is 0 Å². The molecule has 1 heterocycles. The Kier molecular flexibility index (Phi) is 5.58. The lowest BCUT2D eigenvalue weighted by Crippen LogP contribution is -2.30. The van der Waals surface area contributed by atoms with E-state index in [2.05, 4.69) is 82.0 Å². The zero-order chi connectivity index (χ0) is 13.7. The van der Waals surface area contributed by atoms with Gasteiger partial charge in [0.05, 0.1) is 3.79 Å². The molecule has 102 valence electrons. The fraction of sp³-hybridized carbons (Fsp3) is 0.333. The highest BCUT2D eigenvalue weighted by molar-refractivity contribution is 9.11. The predicted octanol–water partition coefficient (Wildman–Crippen LogP) is 3.90. The summed E-state index contributed by atoms with van der Waals surface area (Å²) in [7, 11) is 4.22. The summed E-state index contributed by atoms with van der Waals surface area (Å²) in [6.45, 7) is 1.89. The Balaban J connectivity index is 2.02. The van der Waals surface area contributed by atoms with Gasteiger partial charge in [-0.2, -0.15) is 0 Å². The number of hydrogen-bond acceptors (Lipinski definition) is 3. The van der Waals surface area contributed by atoms with E-state index in [0.29, 0.717) is 6.04 Å². The van der Waals surface area contributed by atoms with Crippen molar-refractivity contribution in [1.82, 2.24) is 10.2 Å². The van der Waals surface area contributed by atoms with Gasteiger partial charge in [-0.15, -0.1) is 11.3 Å². The summed E-state index contributed by atoms with van der Waals surface area (Å²) in [5.41, 5.74) is 2.67. The first-order valence-corrected chi connectivity index (χ1v) is 7.98. The Morgan fingerprint density at radius 3 is 2.58 bits per heavy atom. The van der Waals surface area contributed by atoms with Gasteiger partial charge in [-0.05, 0) is 52.6 Å². The van der Waals surface area contributed by atoms with Gasteiger partial charge >= 0.3 is 0 Å². The van der Waals surface area contributed by atoms with Gasteiger partial charge in [0.2, 0.25) is 0 Å². The van der Waals surface area contributed by atoms with Gasteiger partial charge in [-0.25, -0.2) is 0 Å². The molecule has 19 heavy (non-hydrogen) atoms. The molecule has 4 heteroatoms. The fourth-order valence-corrected chi connectivity index (χ4v) is 3.23. The Labute approximate surface area is 127 Å². The van der Waals surface area contributed by atoms with Crippen molar-refractivity contribution in [3.63, 3.8) is 0 Å². The first-order chi connectivity index (χ1) is 9.15. The lowest BCUT2D eigenvalue weighted by Gasteiger charge is -2.22. The fourth-order valence-electron chi connectivity index (χ4n) is 2.02. The van der Waals surface area contributed by atoms with Crippen LogP contribution in [0.2, 0.25) is 0 Å². The highest BCUT2D eigenvalue weighted by atomic mass is 79.9. The van der Waals surface area contributed by atoms with E-state index in [1.807, 2.05) is 0 Å². The minimum atomic E-state index is 0.356. The number of likely N-dealkylation sites (N-methyl/N-ethyl adjacent to an activating group) is 1. The summed E-state index contributed by atoms with van der Waals surface area (Å²) in [5, 5.41) is 5.83. The van der Waals surface area contributed by atoms with Crippen molar-refractivity contribution in [2.45, 2.75) is 12.6 Å². The third-order valence-electron chi connectivity index (χ3n) is 2.92. The van der Waals surface area contributed by atoms with Gasteiger partial charge in [0, 0.05) is 19.1 Å². The monoisotopic (exact) mass is 338 g/mol. The molecule has 0 aliphatic rings. The third kappa shape index (κ3) is 4.73. The van der Waals surface area contributed by atoms with Gasteiger partial charge < -0.3 is 10.2 Å². The summed E-state index contributed by atoms with van der Waals surface area (Å²) < 4.78 is 1.19. The van der Waals surface area contributed by atoms with Crippen molar-refractivity contribution in [3.05, 3.63) is 56.7 Å². The van der Waals surface area contributed by atoms with E-state index in [-0.39, 0.29) is 0 Å². The molecule has 2 aromatic rings. The van der Waals surface area contributed by atoms with Crippen LogP contribution in [0, 0.1) is 0 Å². The Hall–Kier alpha value is -0.680. The molecule has 1 aromatic carbocycles. The number of nitrogens with one attached hydrogen (secondary N) is 1. The minimum absolute atomic E-state index is 0.356. The molecular weight excluding hydrogens is 320 g/mol. The van der Waals surface area contributed by atoms with Crippen molar-refractivity contribution >= 4 is 27.3 Å². The molecule has 2 rings (SSSR count). The summed E-state index contributed by atoms with van der Waals surface area (Å²) >= 11 is 5.24. The molecule has 0 aliphatic carbocycles. The zero-order valence-corrected chi connectivity index (χ0v) is 13.7. The molecule has 1 N–H and O–H groups in total. The minimum Gasteiger partial charge on any atom is -0.308 e. The lowest BCUT2D eigenvalue weighted by atomic mass is 10.1. The number of thiophene rings is 1. The Bertz CT molecular complexity index is 496. The van der Waals surface area contributed by atoms with E-state index in [1.54, 1.807) is 11.3 Å². The largest absolute Gasteiger partial charge is 0.308 e. The SMILES string of the molecule is CN(C)CC(NCc1csc(Br)c1)c1ccccc1. The van der Waals surface area contributed by atoms with E-state index in [1.165, 1.54) is 14.9 Å². The molecule has 1 aromatic heterocycles. The zero-order valence-electron chi connectivity index (χ0n) is 11.3. The molecule has 0 aliphatic heterocycles. The van der Waals surface area contributed by atoms with Crippen LogP contribution in [0.5, 0.6) is 0 Å². The van der Waals surface area contributed by atoms with Crippen LogP contribution >= 0.6 is 27.3 Å². The highest BCUT2D eigenvalue weighted by Gasteiger charge is 2.12. The first kappa shape index (κ1) is 14.7. The topological polar surface area (TPSA) is 15.3 Å². The van der Waals surface area contributed by atoms with E-state index in [4.69, 9.17) is 0 Å². The summed E-state index contributed by atoms with van der Waals surface area (Å²) in [6, 6.07) is 13.2. The number of halogens is 1. The molecule has 0 fully saturated rings. The van der Waals surface area contributed by atoms with E-state index in [0.717, 1.165) is 13.1 Å². The normalized spacial score (nSPS) is 12.8. The average Bonchev–Trinajstić information content (AvgIpc) is 2.81. The summed E-state index contributed by atoms with van der Waals surface area (Å²) in [4.78, 5) is 2.22. The lowest BCUT2D eigenvalue weighted by molar-refractivity contribution is 0.340. The molecule has 0 spiro atoms. The average molecular weight is 339 g/mol. The molecule has 1 atom stereocenters. The van der Waals surface area contributed by atoms with Crippen molar-refractivity contribution in [3.8, 4) is 0 Å². The summed E-state index contributed by atoms with van der Waals surface area (Å²) in [6.07, 6.45) is 0. The number of rotatable bonds is 6. The second-order valence-electron chi connectivity index (χ2n) is 4.87. The van der Waals surface area contributed by atoms with Crippen LogP contribution in [-0.4, -0.2) is 25.5 Å². The van der Waals surface area contributed by atoms with Crippen molar-refractivity contribution in [2.75, 3.05) is 20.6 Å². The second kappa shape index (κ2) is 7.20. The number of hydrogen-bond donors (Lipinski definition) is 1. The molecule has 0 bridgehead atoms. The van der Waals surface area contributed by atoms with E-state index >= 15 is 0 Å². The molecule has 0 amide bonds. The van der Waals surface area contributed by atoms with Gasteiger partial charge in [0.15, 0.2) is 0 Å². The van der Waals surface area contributed by atoms with Gasteiger partial charge in [-0.3, -0.25) is 0 Å².